The van der Waals surface area contributed by atoms with E-state index in [1.165, 1.54) is 18.1 Å². The lowest BCUT2D eigenvalue weighted by atomic mass is 9.98. The number of aryl methyl sites for hydroxylation is 1. The van der Waals surface area contributed by atoms with Gasteiger partial charge in [0.15, 0.2) is 9.84 Å². The third-order valence-electron chi connectivity index (χ3n) is 8.27. The van der Waals surface area contributed by atoms with E-state index in [1.54, 1.807) is 43.4 Å². The molecule has 270 valence electrons. The smallest absolute Gasteiger partial charge is 0.490 e. The molecule has 51 heavy (non-hydrogen) atoms. The highest BCUT2D eigenvalue weighted by Crippen LogP contribution is 2.37. The van der Waals surface area contributed by atoms with Crippen molar-refractivity contribution in [3.05, 3.63) is 83.3 Å². The summed E-state index contributed by atoms with van der Waals surface area (Å²) in [5.74, 6) is -3.23. The number of likely N-dealkylation sites (N-methyl/N-ethyl adjacent to an activating group) is 1. The number of aromatic nitrogens is 1. The van der Waals surface area contributed by atoms with Crippen LogP contribution in [0.25, 0.3) is 10.8 Å². The molecule has 2 aliphatic rings. The van der Waals surface area contributed by atoms with E-state index in [9.17, 15) is 35.6 Å². The van der Waals surface area contributed by atoms with Crippen LogP contribution in [0.15, 0.2) is 65.7 Å². The molecule has 1 aliphatic heterocycles. The standard InChI is InChI=1S/C32H32FN5O5S.C2HF3O2/c1-38-17-20-13-21(5-9-28(20)44(41,42)24-6-7-24)36-29(39)10-3-18-11-19(14-23(12-18)43-2)30(32(38)40)37-22-4-8-25-26(15-22)27(33)16-35-31(25)34;3-2(4,5)1(6)7/h4-5,8-9,11-16,24,30,37H,3,6-7,10,17H2,1-2H3,(H2,34,35)(H,36,39);(H,6,7)/t30-;/m1./s1. The summed E-state index contributed by atoms with van der Waals surface area (Å²) in [4.78, 5) is 41.5. The number of sulfone groups is 1. The van der Waals surface area contributed by atoms with Crippen molar-refractivity contribution in [1.82, 2.24) is 9.88 Å². The van der Waals surface area contributed by atoms with Crippen molar-refractivity contribution in [3.8, 4) is 5.75 Å². The molecule has 5 N–H and O–H groups in total. The highest BCUT2D eigenvalue weighted by atomic mass is 32.2. The number of ether oxygens (including phenoxy) is 1. The summed E-state index contributed by atoms with van der Waals surface area (Å²) in [7, 11) is -0.492. The number of halogens is 4. The summed E-state index contributed by atoms with van der Waals surface area (Å²) in [6.45, 7) is -0.0343. The van der Waals surface area contributed by atoms with Crippen LogP contribution in [0, 0.1) is 5.82 Å². The number of benzene rings is 3. The third-order valence-corrected chi connectivity index (χ3v) is 10.6. The van der Waals surface area contributed by atoms with Crippen molar-refractivity contribution < 1.29 is 50.2 Å². The zero-order chi connectivity index (χ0) is 37.2. The van der Waals surface area contributed by atoms with Crippen LogP contribution in [0.1, 0.15) is 42.0 Å². The largest absolute Gasteiger partial charge is 0.497 e. The van der Waals surface area contributed by atoms with Crippen LogP contribution in [-0.2, 0) is 37.2 Å². The van der Waals surface area contributed by atoms with Gasteiger partial charge in [0.05, 0.1) is 23.5 Å². The lowest BCUT2D eigenvalue weighted by Gasteiger charge is -2.27. The first-order valence-electron chi connectivity index (χ1n) is 15.5. The van der Waals surface area contributed by atoms with E-state index in [1.807, 2.05) is 12.1 Å². The lowest BCUT2D eigenvalue weighted by molar-refractivity contribution is -0.192. The van der Waals surface area contributed by atoms with Gasteiger partial charge >= 0.3 is 12.1 Å². The molecule has 1 aromatic heterocycles. The number of carboxylic acids is 1. The molecule has 1 aliphatic carbocycles. The molecule has 1 fully saturated rings. The second kappa shape index (κ2) is 14.4. The van der Waals surface area contributed by atoms with Gasteiger partial charge in [-0.1, -0.05) is 6.07 Å². The zero-order valence-electron chi connectivity index (χ0n) is 27.3. The van der Waals surface area contributed by atoms with Crippen LogP contribution in [0.5, 0.6) is 5.75 Å². The SMILES string of the molecule is COc1cc2cc(c1)[C@@H](Nc1ccc3c(N)ncc(F)c3c1)C(=O)N(C)Cc1cc(ccc1S(=O)(=O)C1CC1)NC(=O)CC2.O=C(O)C(F)(F)F. The number of carbonyl (C=O) groups is 3. The lowest BCUT2D eigenvalue weighted by Crippen LogP contribution is -2.35. The van der Waals surface area contributed by atoms with Gasteiger partial charge in [-0.25, -0.2) is 22.6 Å². The Kier molecular flexibility index (Phi) is 10.4. The first-order chi connectivity index (χ1) is 24.0. The molecular weight excluding hydrogens is 698 g/mol. The molecule has 1 atom stereocenters. The minimum absolute atomic E-state index is 0.0343. The van der Waals surface area contributed by atoms with Crippen LogP contribution >= 0.6 is 0 Å². The van der Waals surface area contributed by atoms with Gasteiger partial charge < -0.3 is 31.1 Å². The van der Waals surface area contributed by atoms with E-state index in [0.29, 0.717) is 52.9 Å². The van der Waals surface area contributed by atoms with Gasteiger partial charge in [-0.05, 0) is 84.5 Å². The fourth-order valence-electron chi connectivity index (χ4n) is 5.54. The fourth-order valence-corrected chi connectivity index (χ4v) is 7.40. The zero-order valence-corrected chi connectivity index (χ0v) is 28.1. The van der Waals surface area contributed by atoms with E-state index in [-0.39, 0.29) is 40.9 Å². The van der Waals surface area contributed by atoms with Crippen molar-refractivity contribution in [2.45, 2.75) is 54.6 Å². The van der Waals surface area contributed by atoms with E-state index in [0.717, 1.165) is 11.8 Å². The second-order valence-corrected chi connectivity index (χ2v) is 14.3. The number of anilines is 3. The number of carbonyl (C=O) groups excluding carboxylic acids is 2. The van der Waals surface area contributed by atoms with Crippen LogP contribution in [0.4, 0.5) is 34.8 Å². The molecule has 2 amide bonds. The van der Waals surface area contributed by atoms with Crippen molar-refractivity contribution in [2.24, 2.45) is 0 Å². The van der Waals surface area contributed by atoms with Crippen molar-refractivity contribution in [2.75, 3.05) is 30.5 Å². The van der Waals surface area contributed by atoms with Crippen molar-refractivity contribution in [1.29, 1.82) is 0 Å². The van der Waals surface area contributed by atoms with Gasteiger partial charge in [0.25, 0.3) is 0 Å². The maximum absolute atomic E-state index is 14.7. The molecule has 0 saturated heterocycles. The molecule has 0 radical (unpaired) electrons. The quantitative estimate of drug-likeness (QED) is 0.199. The molecule has 6 rings (SSSR count). The first-order valence-corrected chi connectivity index (χ1v) is 17.0. The summed E-state index contributed by atoms with van der Waals surface area (Å²) in [5.41, 5.74) is 8.60. The maximum Gasteiger partial charge on any atom is 0.490 e. The monoisotopic (exact) mass is 731 g/mol. The first kappa shape index (κ1) is 36.8. The number of nitrogens with one attached hydrogen (secondary N) is 2. The Labute approximate surface area is 289 Å². The van der Waals surface area contributed by atoms with Gasteiger partial charge in [-0.15, -0.1) is 0 Å². The van der Waals surface area contributed by atoms with E-state index < -0.39 is 39.1 Å². The number of aliphatic carboxylic acids is 1. The predicted octanol–water partition coefficient (Wildman–Crippen LogP) is 5.23. The topological polar surface area (TPSA) is 181 Å². The third kappa shape index (κ3) is 8.48. The minimum atomic E-state index is -5.08. The number of fused-ring (bicyclic) bond motifs is 5. The molecule has 4 aromatic rings. The second-order valence-electron chi connectivity index (χ2n) is 12.1. The summed E-state index contributed by atoms with van der Waals surface area (Å²) in [6, 6.07) is 14.0. The van der Waals surface area contributed by atoms with E-state index in [2.05, 4.69) is 15.6 Å². The summed E-state index contributed by atoms with van der Waals surface area (Å²) in [6.07, 6.45) is -2.34. The Balaban J connectivity index is 0.000000654. The summed E-state index contributed by atoms with van der Waals surface area (Å²) < 4.78 is 78.7. The van der Waals surface area contributed by atoms with Gasteiger partial charge in [-0.3, -0.25) is 9.59 Å². The predicted molar refractivity (Wildman–Crippen MR) is 179 cm³/mol. The van der Waals surface area contributed by atoms with Crippen molar-refractivity contribution >= 4 is 55.6 Å². The van der Waals surface area contributed by atoms with E-state index >= 15 is 0 Å². The number of amides is 2. The number of methoxy groups -OCH3 is 1. The fraction of sp³-hybridized carbons (Fsp3) is 0.294. The molecule has 4 bridgehead atoms. The van der Waals surface area contributed by atoms with Crippen LogP contribution < -0.4 is 21.1 Å². The number of hydrogen-bond donors (Lipinski definition) is 4. The number of nitrogens with two attached hydrogens (primary N) is 1. The van der Waals surface area contributed by atoms with Gasteiger partial charge in [0.1, 0.15) is 23.4 Å². The number of rotatable bonds is 5. The highest BCUT2D eigenvalue weighted by molar-refractivity contribution is 7.92. The summed E-state index contributed by atoms with van der Waals surface area (Å²) in [5, 5.41) is 13.5. The number of pyridine rings is 1. The Hall–Kier alpha value is -5.45. The van der Waals surface area contributed by atoms with Crippen LogP contribution in [0.2, 0.25) is 0 Å². The maximum atomic E-state index is 14.7. The average molecular weight is 732 g/mol. The molecule has 17 heteroatoms. The van der Waals surface area contributed by atoms with Gasteiger partial charge in [0, 0.05) is 42.2 Å². The summed E-state index contributed by atoms with van der Waals surface area (Å²) >= 11 is 0. The molecule has 3 aromatic carbocycles. The van der Waals surface area contributed by atoms with Crippen LogP contribution in [-0.4, -0.2) is 66.8 Å². The number of hydrogen-bond acceptors (Lipinski definition) is 9. The molecule has 1 saturated carbocycles. The number of carboxylic acid groups (broad SMARTS) is 1. The Morgan fingerprint density at radius 2 is 1.76 bits per heavy atom. The molecule has 2 heterocycles. The molecule has 0 spiro atoms. The highest BCUT2D eigenvalue weighted by Gasteiger charge is 2.39. The Bertz CT molecular complexity index is 2120. The van der Waals surface area contributed by atoms with Crippen LogP contribution in [0.3, 0.4) is 0 Å². The molecule has 12 nitrogen and oxygen atoms in total. The van der Waals surface area contributed by atoms with E-state index in [4.69, 9.17) is 20.4 Å². The minimum Gasteiger partial charge on any atom is -0.497 e. The van der Waals surface area contributed by atoms with Crippen molar-refractivity contribution in [3.63, 3.8) is 0 Å². The molecular formula is C34H33F4N5O7S. The molecule has 0 unspecified atom stereocenters. The normalized spacial score (nSPS) is 16.7. The van der Waals surface area contributed by atoms with Gasteiger partial charge in [0.2, 0.25) is 11.8 Å². The van der Waals surface area contributed by atoms with Gasteiger partial charge in [-0.2, -0.15) is 13.2 Å². The number of alkyl halides is 3. The Morgan fingerprint density at radius 1 is 1.06 bits per heavy atom. The average Bonchev–Trinajstić information content (AvgIpc) is 3.94. The Morgan fingerprint density at radius 3 is 2.41 bits per heavy atom. The number of nitrogen functional groups attached to an aromatic ring is 1. The number of nitrogens with zero attached hydrogens (tertiary/aromatic N) is 2.